The maximum Gasteiger partial charge on any atom is 0.229 e. The summed E-state index contributed by atoms with van der Waals surface area (Å²) in [5.41, 5.74) is 0.759. The highest BCUT2D eigenvalue weighted by Crippen LogP contribution is 2.30. The van der Waals surface area contributed by atoms with E-state index < -0.39 is 0 Å². The Hall–Kier alpha value is -1.43. The van der Waals surface area contributed by atoms with E-state index in [1.165, 1.54) is 17.8 Å². The fourth-order valence-electron chi connectivity index (χ4n) is 2.68. The van der Waals surface area contributed by atoms with Crippen LogP contribution in [0.2, 0.25) is 0 Å². The van der Waals surface area contributed by atoms with Crippen molar-refractivity contribution in [2.24, 2.45) is 11.8 Å². The molecule has 2 aliphatic rings. The Morgan fingerprint density at radius 1 is 1.43 bits per heavy atom. The van der Waals surface area contributed by atoms with Crippen LogP contribution in [0.25, 0.3) is 0 Å². The van der Waals surface area contributed by atoms with Gasteiger partial charge >= 0.3 is 0 Å². The number of likely N-dealkylation sites (tertiary alicyclic amines) is 1. The average Bonchev–Trinajstić information content (AvgIpc) is 3.22. The summed E-state index contributed by atoms with van der Waals surface area (Å²) in [4.78, 5) is 30.2. The molecule has 1 atom stereocenters. The highest BCUT2D eigenvalue weighted by molar-refractivity contribution is 7.13. The maximum atomic E-state index is 12.3. The molecule has 1 aromatic heterocycles. The third-order valence-corrected chi connectivity index (χ3v) is 4.88. The first-order chi connectivity index (χ1) is 10.1. The fourth-order valence-corrected chi connectivity index (χ4v) is 3.39. The molecule has 3 rings (SSSR count). The zero-order chi connectivity index (χ0) is 14.8. The molecule has 1 unspecified atom stereocenters. The number of aromatic nitrogens is 1. The summed E-state index contributed by atoms with van der Waals surface area (Å²) < 4.78 is 0. The summed E-state index contributed by atoms with van der Waals surface area (Å²) in [6.07, 6.45) is 4.60. The van der Waals surface area contributed by atoms with Gasteiger partial charge < -0.3 is 10.2 Å². The van der Waals surface area contributed by atoms with E-state index in [9.17, 15) is 9.59 Å². The van der Waals surface area contributed by atoms with Gasteiger partial charge in [-0.05, 0) is 31.6 Å². The molecule has 5 nitrogen and oxygen atoms in total. The van der Waals surface area contributed by atoms with E-state index in [1.807, 2.05) is 10.3 Å². The molecule has 2 amide bonds. The van der Waals surface area contributed by atoms with Crippen LogP contribution in [0.3, 0.4) is 0 Å². The number of carbonyl (C=O) groups excluding carboxylic acids is 2. The molecule has 1 saturated carbocycles. The zero-order valence-corrected chi connectivity index (χ0v) is 13.1. The Balaban J connectivity index is 1.53. The van der Waals surface area contributed by atoms with E-state index in [1.54, 1.807) is 0 Å². The van der Waals surface area contributed by atoms with Crippen molar-refractivity contribution < 1.29 is 9.59 Å². The Morgan fingerprint density at radius 3 is 2.95 bits per heavy atom. The number of piperidine rings is 1. The number of nitrogens with one attached hydrogen (secondary N) is 1. The molecule has 2 heterocycles. The molecule has 1 aromatic rings. The average molecular weight is 307 g/mol. The standard InChI is InChI=1S/C15H21N3O2S/c1-10-3-2-6-18(8-10)13(19)7-12-9-21-15(16-12)17-14(20)11-4-5-11/h9-11H,2-8H2,1H3,(H,16,17,20). The van der Waals surface area contributed by atoms with Crippen molar-refractivity contribution in [3.05, 3.63) is 11.1 Å². The van der Waals surface area contributed by atoms with E-state index >= 15 is 0 Å². The Kier molecular flexibility index (Phi) is 4.24. The number of nitrogens with zero attached hydrogens (tertiary/aromatic N) is 2. The van der Waals surface area contributed by atoms with Crippen LogP contribution >= 0.6 is 11.3 Å². The van der Waals surface area contributed by atoms with Crippen molar-refractivity contribution in [1.82, 2.24) is 9.88 Å². The first-order valence-electron chi connectivity index (χ1n) is 7.65. The molecular formula is C15H21N3O2S. The molecule has 2 fully saturated rings. The second-order valence-corrected chi connectivity index (χ2v) is 7.03. The van der Waals surface area contributed by atoms with E-state index in [4.69, 9.17) is 0 Å². The van der Waals surface area contributed by atoms with Crippen molar-refractivity contribution in [3.63, 3.8) is 0 Å². The fraction of sp³-hybridized carbons (Fsp3) is 0.667. The van der Waals surface area contributed by atoms with Crippen molar-refractivity contribution >= 4 is 28.3 Å². The first kappa shape index (κ1) is 14.5. The number of rotatable bonds is 4. The van der Waals surface area contributed by atoms with Gasteiger partial charge in [-0.1, -0.05) is 6.92 Å². The number of amides is 2. The highest BCUT2D eigenvalue weighted by atomic mass is 32.1. The molecule has 1 saturated heterocycles. The van der Waals surface area contributed by atoms with Gasteiger partial charge in [-0.3, -0.25) is 9.59 Å². The minimum atomic E-state index is 0.0621. The van der Waals surface area contributed by atoms with Crippen LogP contribution in [0.4, 0.5) is 5.13 Å². The summed E-state index contributed by atoms with van der Waals surface area (Å²) in [7, 11) is 0. The van der Waals surface area contributed by atoms with Crippen LogP contribution in [0.1, 0.15) is 38.3 Å². The molecular weight excluding hydrogens is 286 g/mol. The topological polar surface area (TPSA) is 62.3 Å². The first-order valence-corrected chi connectivity index (χ1v) is 8.53. The third kappa shape index (κ3) is 3.81. The SMILES string of the molecule is CC1CCCN(C(=O)Cc2csc(NC(=O)C3CC3)n2)C1. The van der Waals surface area contributed by atoms with Gasteiger partial charge in [0, 0.05) is 24.4 Å². The van der Waals surface area contributed by atoms with Crippen molar-refractivity contribution in [1.29, 1.82) is 0 Å². The van der Waals surface area contributed by atoms with Crippen LogP contribution in [-0.4, -0.2) is 34.8 Å². The van der Waals surface area contributed by atoms with E-state index in [0.29, 0.717) is 17.5 Å². The smallest absolute Gasteiger partial charge is 0.229 e. The van der Waals surface area contributed by atoms with Crippen molar-refractivity contribution in [2.75, 3.05) is 18.4 Å². The minimum Gasteiger partial charge on any atom is -0.342 e. The summed E-state index contributed by atoms with van der Waals surface area (Å²) in [5, 5.41) is 5.31. The molecule has 1 aliphatic carbocycles. The van der Waals surface area contributed by atoms with E-state index in [2.05, 4.69) is 17.2 Å². The van der Waals surface area contributed by atoms with Gasteiger partial charge in [0.25, 0.3) is 0 Å². The van der Waals surface area contributed by atoms with Gasteiger partial charge in [-0.25, -0.2) is 4.98 Å². The summed E-state index contributed by atoms with van der Waals surface area (Å²) in [6, 6.07) is 0. The van der Waals surface area contributed by atoms with Crippen LogP contribution in [0.15, 0.2) is 5.38 Å². The molecule has 1 N–H and O–H groups in total. The lowest BCUT2D eigenvalue weighted by Crippen LogP contribution is -2.39. The Morgan fingerprint density at radius 2 is 2.24 bits per heavy atom. The van der Waals surface area contributed by atoms with Crippen LogP contribution in [0.5, 0.6) is 0 Å². The van der Waals surface area contributed by atoms with Gasteiger partial charge in [0.1, 0.15) is 0 Å². The Labute approximate surface area is 128 Å². The number of hydrogen-bond acceptors (Lipinski definition) is 4. The van der Waals surface area contributed by atoms with Crippen LogP contribution in [0, 0.1) is 11.8 Å². The molecule has 0 radical (unpaired) electrons. The molecule has 0 spiro atoms. The van der Waals surface area contributed by atoms with Crippen LogP contribution < -0.4 is 5.32 Å². The molecule has 114 valence electrons. The van der Waals surface area contributed by atoms with Crippen molar-refractivity contribution in [3.8, 4) is 0 Å². The summed E-state index contributed by atoms with van der Waals surface area (Å²) in [5.74, 6) is 0.972. The van der Waals surface area contributed by atoms with Gasteiger partial charge in [0.2, 0.25) is 11.8 Å². The third-order valence-electron chi connectivity index (χ3n) is 4.07. The summed E-state index contributed by atoms with van der Waals surface area (Å²) >= 11 is 1.40. The number of carbonyl (C=O) groups is 2. The second-order valence-electron chi connectivity index (χ2n) is 6.17. The normalized spacial score (nSPS) is 22.1. The van der Waals surface area contributed by atoms with E-state index in [-0.39, 0.29) is 17.7 Å². The quantitative estimate of drug-likeness (QED) is 0.928. The monoisotopic (exact) mass is 307 g/mol. The second kappa shape index (κ2) is 6.13. The van der Waals surface area contributed by atoms with Gasteiger partial charge in [-0.2, -0.15) is 0 Å². The molecule has 1 aliphatic heterocycles. The number of thiazole rings is 1. The van der Waals surface area contributed by atoms with E-state index in [0.717, 1.165) is 38.0 Å². The van der Waals surface area contributed by atoms with Gasteiger partial charge in [0.15, 0.2) is 5.13 Å². The predicted molar refractivity (Wildman–Crippen MR) is 82.1 cm³/mol. The number of hydrogen-bond donors (Lipinski definition) is 1. The minimum absolute atomic E-state index is 0.0621. The van der Waals surface area contributed by atoms with Crippen molar-refractivity contribution in [2.45, 2.75) is 39.0 Å². The lowest BCUT2D eigenvalue weighted by Gasteiger charge is -2.30. The summed E-state index contributed by atoms with van der Waals surface area (Å²) in [6.45, 7) is 3.90. The maximum absolute atomic E-state index is 12.3. The molecule has 6 heteroatoms. The zero-order valence-electron chi connectivity index (χ0n) is 12.3. The molecule has 21 heavy (non-hydrogen) atoms. The van der Waals surface area contributed by atoms with Gasteiger partial charge in [-0.15, -0.1) is 11.3 Å². The lowest BCUT2D eigenvalue weighted by atomic mass is 10.00. The lowest BCUT2D eigenvalue weighted by molar-refractivity contribution is -0.132. The predicted octanol–water partition coefficient (Wildman–Crippen LogP) is 2.29. The van der Waals surface area contributed by atoms with Gasteiger partial charge in [0.05, 0.1) is 12.1 Å². The largest absolute Gasteiger partial charge is 0.342 e. The Bertz CT molecular complexity index is 539. The highest BCUT2D eigenvalue weighted by Gasteiger charge is 2.30. The molecule has 0 bridgehead atoms. The number of anilines is 1. The van der Waals surface area contributed by atoms with Crippen LogP contribution in [-0.2, 0) is 16.0 Å². The molecule has 0 aromatic carbocycles.